The molecule has 0 heterocycles. The van der Waals surface area contributed by atoms with Gasteiger partial charge in [-0.2, -0.15) is 0 Å². The molecule has 1 aliphatic rings. The van der Waals surface area contributed by atoms with Crippen LogP contribution in [0.4, 0.5) is 0 Å². The second-order valence-corrected chi connectivity index (χ2v) is 3.33. The summed E-state index contributed by atoms with van der Waals surface area (Å²) in [6.45, 7) is 4.51. The zero-order valence-electron chi connectivity index (χ0n) is 7.64. The highest BCUT2D eigenvalue weighted by Crippen LogP contribution is 2.11. The molecular formula is C10H19N. The Kier molecular flexibility index (Phi) is 3.64. The maximum Gasteiger partial charge on any atom is 0.0287 e. The molecule has 0 amide bonds. The summed E-state index contributed by atoms with van der Waals surface area (Å²) < 4.78 is 0. The van der Waals surface area contributed by atoms with Gasteiger partial charge in [-0.15, -0.1) is 0 Å². The van der Waals surface area contributed by atoms with Crippen molar-refractivity contribution in [2.75, 3.05) is 0 Å². The Morgan fingerprint density at radius 3 is 2.64 bits per heavy atom. The van der Waals surface area contributed by atoms with Crippen LogP contribution in [-0.2, 0) is 0 Å². The Morgan fingerprint density at radius 1 is 1.55 bits per heavy atom. The minimum absolute atomic E-state index is 0.687. The predicted octanol–water partition coefficient (Wildman–Crippen LogP) is 2.48. The van der Waals surface area contributed by atoms with Crippen molar-refractivity contribution in [3.63, 3.8) is 0 Å². The van der Waals surface area contributed by atoms with Gasteiger partial charge in [0, 0.05) is 12.1 Å². The van der Waals surface area contributed by atoms with Crippen molar-refractivity contribution in [2.45, 2.75) is 51.6 Å². The van der Waals surface area contributed by atoms with Gasteiger partial charge in [0.15, 0.2) is 0 Å². The fourth-order valence-corrected chi connectivity index (χ4v) is 1.45. The maximum absolute atomic E-state index is 3.62. The molecule has 2 atom stereocenters. The number of hydrogen-bond donors (Lipinski definition) is 1. The van der Waals surface area contributed by atoms with E-state index in [9.17, 15) is 0 Å². The lowest BCUT2D eigenvalue weighted by Gasteiger charge is -2.25. The van der Waals surface area contributed by atoms with Crippen LogP contribution < -0.4 is 5.32 Å². The SMILES string of the molecule is CCCC(CC)NC1C=CC1. The maximum atomic E-state index is 3.62. The van der Waals surface area contributed by atoms with E-state index in [-0.39, 0.29) is 0 Å². The lowest BCUT2D eigenvalue weighted by Crippen LogP contribution is -2.39. The molecule has 0 saturated carbocycles. The summed E-state index contributed by atoms with van der Waals surface area (Å²) in [6.07, 6.45) is 9.61. The van der Waals surface area contributed by atoms with Crippen LogP contribution in [0.25, 0.3) is 0 Å². The summed E-state index contributed by atoms with van der Waals surface area (Å²) in [6, 6.07) is 1.43. The van der Waals surface area contributed by atoms with Gasteiger partial charge in [0.2, 0.25) is 0 Å². The van der Waals surface area contributed by atoms with E-state index in [1.807, 2.05) is 0 Å². The molecule has 0 saturated heterocycles. The molecule has 0 bridgehead atoms. The minimum Gasteiger partial charge on any atom is -0.307 e. The normalized spacial score (nSPS) is 24.7. The molecule has 0 radical (unpaired) electrons. The first-order valence-corrected chi connectivity index (χ1v) is 4.79. The van der Waals surface area contributed by atoms with Gasteiger partial charge in [-0.25, -0.2) is 0 Å². The van der Waals surface area contributed by atoms with Gasteiger partial charge < -0.3 is 5.32 Å². The highest BCUT2D eigenvalue weighted by molar-refractivity contribution is 5.07. The third-order valence-electron chi connectivity index (χ3n) is 2.34. The Balaban J connectivity index is 2.14. The highest BCUT2D eigenvalue weighted by atomic mass is 14.9. The minimum atomic E-state index is 0.687. The van der Waals surface area contributed by atoms with Gasteiger partial charge in [0.05, 0.1) is 0 Å². The topological polar surface area (TPSA) is 12.0 Å². The molecule has 0 aliphatic heterocycles. The molecular weight excluding hydrogens is 134 g/mol. The molecule has 1 rings (SSSR count). The van der Waals surface area contributed by atoms with Crippen LogP contribution in [0.5, 0.6) is 0 Å². The van der Waals surface area contributed by atoms with Gasteiger partial charge in [-0.3, -0.25) is 0 Å². The van der Waals surface area contributed by atoms with Gasteiger partial charge in [-0.05, 0) is 19.3 Å². The summed E-state index contributed by atoms with van der Waals surface area (Å²) in [5.41, 5.74) is 0. The zero-order chi connectivity index (χ0) is 8.10. The van der Waals surface area contributed by atoms with E-state index in [0.717, 1.165) is 6.04 Å². The predicted molar refractivity (Wildman–Crippen MR) is 49.7 cm³/mol. The fraction of sp³-hybridized carbons (Fsp3) is 0.800. The van der Waals surface area contributed by atoms with E-state index in [2.05, 4.69) is 31.3 Å². The molecule has 2 unspecified atom stereocenters. The molecule has 1 N–H and O–H groups in total. The molecule has 1 heteroatoms. The molecule has 11 heavy (non-hydrogen) atoms. The second-order valence-electron chi connectivity index (χ2n) is 3.33. The molecule has 0 aromatic rings. The van der Waals surface area contributed by atoms with Crippen LogP contribution in [-0.4, -0.2) is 12.1 Å². The average molecular weight is 153 g/mol. The van der Waals surface area contributed by atoms with Gasteiger partial charge in [0.1, 0.15) is 0 Å². The first-order valence-electron chi connectivity index (χ1n) is 4.79. The van der Waals surface area contributed by atoms with Crippen molar-refractivity contribution in [3.05, 3.63) is 12.2 Å². The summed E-state index contributed by atoms with van der Waals surface area (Å²) in [7, 11) is 0. The molecule has 0 aromatic heterocycles. The monoisotopic (exact) mass is 153 g/mol. The van der Waals surface area contributed by atoms with Crippen LogP contribution >= 0.6 is 0 Å². The lowest BCUT2D eigenvalue weighted by atomic mass is 10.0. The van der Waals surface area contributed by atoms with Crippen molar-refractivity contribution >= 4 is 0 Å². The molecule has 64 valence electrons. The molecule has 0 fully saturated rings. The molecule has 0 aromatic carbocycles. The Bertz CT molecular complexity index is 129. The summed E-state index contributed by atoms with van der Waals surface area (Å²) in [4.78, 5) is 0. The third-order valence-corrected chi connectivity index (χ3v) is 2.34. The van der Waals surface area contributed by atoms with Gasteiger partial charge in [-0.1, -0.05) is 32.4 Å². The van der Waals surface area contributed by atoms with Gasteiger partial charge in [0.25, 0.3) is 0 Å². The lowest BCUT2D eigenvalue weighted by molar-refractivity contribution is 0.418. The van der Waals surface area contributed by atoms with Crippen LogP contribution in [0.1, 0.15) is 39.5 Å². The molecule has 0 spiro atoms. The van der Waals surface area contributed by atoms with Crippen molar-refractivity contribution < 1.29 is 0 Å². The summed E-state index contributed by atoms with van der Waals surface area (Å²) >= 11 is 0. The van der Waals surface area contributed by atoms with Crippen molar-refractivity contribution in [1.29, 1.82) is 0 Å². The van der Waals surface area contributed by atoms with Crippen molar-refractivity contribution in [3.8, 4) is 0 Å². The molecule has 1 nitrogen and oxygen atoms in total. The number of nitrogens with one attached hydrogen (secondary N) is 1. The average Bonchev–Trinajstić information content (AvgIpc) is 1.94. The first kappa shape index (κ1) is 8.79. The van der Waals surface area contributed by atoms with E-state index in [4.69, 9.17) is 0 Å². The van der Waals surface area contributed by atoms with Crippen LogP contribution in [0.15, 0.2) is 12.2 Å². The molecule has 1 aliphatic carbocycles. The second kappa shape index (κ2) is 4.55. The Morgan fingerprint density at radius 2 is 2.27 bits per heavy atom. The Hall–Kier alpha value is -0.300. The first-order chi connectivity index (χ1) is 5.36. The van der Waals surface area contributed by atoms with E-state index in [1.165, 1.54) is 25.7 Å². The van der Waals surface area contributed by atoms with Crippen molar-refractivity contribution in [1.82, 2.24) is 5.32 Å². The quantitative estimate of drug-likeness (QED) is 0.598. The van der Waals surface area contributed by atoms with E-state index in [1.54, 1.807) is 0 Å². The van der Waals surface area contributed by atoms with Crippen LogP contribution in [0.2, 0.25) is 0 Å². The van der Waals surface area contributed by atoms with Crippen LogP contribution in [0.3, 0.4) is 0 Å². The highest BCUT2D eigenvalue weighted by Gasteiger charge is 2.13. The summed E-state index contributed by atoms with van der Waals surface area (Å²) in [5.74, 6) is 0. The van der Waals surface area contributed by atoms with E-state index < -0.39 is 0 Å². The standard InChI is InChI=1S/C10H19N/c1-3-6-9(4-2)11-10-7-5-8-10/h5,7,9-11H,3-4,6,8H2,1-2H3. The van der Waals surface area contributed by atoms with Gasteiger partial charge >= 0.3 is 0 Å². The van der Waals surface area contributed by atoms with Crippen molar-refractivity contribution in [2.24, 2.45) is 0 Å². The van der Waals surface area contributed by atoms with E-state index in [0.29, 0.717) is 6.04 Å². The summed E-state index contributed by atoms with van der Waals surface area (Å²) in [5, 5.41) is 3.62. The fourth-order valence-electron chi connectivity index (χ4n) is 1.45. The number of rotatable bonds is 5. The zero-order valence-corrected chi connectivity index (χ0v) is 7.64. The third kappa shape index (κ3) is 2.66. The Labute approximate surface area is 69.9 Å². The smallest absolute Gasteiger partial charge is 0.0287 e. The largest absolute Gasteiger partial charge is 0.307 e. The van der Waals surface area contributed by atoms with E-state index >= 15 is 0 Å². The van der Waals surface area contributed by atoms with Crippen LogP contribution in [0, 0.1) is 0 Å². The number of hydrogen-bond acceptors (Lipinski definition) is 1.